The SMILES string of the molecule is CC(C)(C)OC(=O)N1CCC(Sc2ccncc2)CC1. The van der Waals surface area contributed by atoms with Crippen LogP contribution >= 0.6 is 11.8 Å². The number of thioether (sulfide) groups is 1. The number of hydrogen-bond acceptors (Lipinski definition) is 4. The van der Waals surface area contributed by atoms with Crippen molar-refractivity contribution < 1.29 is 9.53 Å². The highest BCUT2D eigenvalue weighted by Gasteiger charge is 2.27. The van der Waals surface area contributed by atoms with Gasteiger partial charge in [-0.3, -0.25) is 4.98 Å². The molecule has 1 aromatic rings. The van der Waals surface area contributed by atoms with Crippen molar-refractivity contribution in [2.75, 3.05) is 13.1 Å². The quantitative estimate of drug-likeness (QED) is 0.836. The van der Waals surface area contributed by atoms with Crippen LogP contribution in [0.4, 0.5) is 4.79 Å². The molecule has 0 atom stereocenters. The highest BCUT2D eigenvalue weighted by molar-refractivity contribution is 8.00. The van der Waals surface area contributed by atoms with Crippen molar-refractivity contribution in [3.63, 3.8) is 0 Å². The van der Waals surface area contributed by atoms with Gasteiger partial charge in [0.1, 0.15) is 5.60 Å². The summed E-state index contributed by atoms with van der Waals surface area (Å²) < 4.78 is 5.40. The largest absolute Gasteiger partial charge is 0.444 e. The molecule has 0 aromatic carbocycles. The predicted molar refractivity (Wildman–Crippen MR) is 80.9 cm³/mol. The second-order valence-electron chi connectivity index (χ2n) is 5.97. The number of pyridine rings is 1. The van der Waals surface area contributed by atoms with E-state index >= 15 is 0 Å². The molecule has 5 heteroatoms. The van der Waals surface area contributed by atoms with E-state index in [1.165, 1.54) is 4.90 Å². The molecule has 0 spiro atoms. The van der Waals surface area contributed by atoms with Crippen molar-refractivity contribution in [3.8, 4) is 0 Å². The van der Waals surface area contributed by atoms with Crippen molar-refractivity contribution in [2.45, 2.75) is 49.4 Å². The van der Waals surface area contributed by atoms with E-state index in [1.807, 2.05) is 62.0 Å². The fourth-order valence-corrected chi connectivity index (χ4v) is 3.20. The average molecular weight is 294 g/mol. The number of carbonyl (C=O) groups is 1. The van der Waals surface area contributed by atoms with Crippen molar-refractivity contribution in [1.82, 2.24) is 9.88 Å². The third kappa shape index (κ3) is 4.71. The summed E-state index contributed by atoms with van der Waals surface area (Å²) in [6, 6.07) is 4.07. The van der Waals surface area contributed by atoms with Gasteiger partial charge < -0.3 is 9.64 Å². The molecule has 2 heterocycles. The summed E-state index contributed by atoms with van der Waals surface area (Å²) in [5.41, 5.74) is -0.417. The van der Waals surface area contributed by atoms with Gasteiger partial charge in [0.2, 0.25) is 0 Å². The van der Waals surface area contributed by atoms with Gasteiger partial charge in [-0.15, -0.1) is 11.8 Å². The molecule has 4 nitrogen and oxygen atoms in total. The lowest BCUT2D eigenvalue weighted by molar-refractivity contribution is 0.0219. The van der Waals surface area contributed by atoms with Gasteiger partial charge in [-0.2, -0.15) is 0 Å². The molecule has 0 unspecified atom stereocenters. The highest BCUT2D eigenvalue weighted by Crippen LogP contribution is 2.30. The monoisotopic (exact) mass is 294 g/mol. The summed E-state index contributed by atoms with van der Waals surface area (Å²) >= 11 is 1.87. The lowest BCUT2D eigenvalue weighted by Crippen LogP contribution is -2.42. The second-order valence-corrected chi connectivity index (χ2v) is 7.34. The Bertz CT molecular complexity index is 437. The lowest BCUT2D eigenvalue weighted by atomic mass is 10.1. The fraction of sp³-hybridized carbons (Fsp3) is 0.600. The maximum absolute atomic E-state index is 12.0. The first kappa shape index (κ1) is 15.2. The maximum atomic E-state index is 12.0. The lowest BCUT2D eigenvalue weighted by Gasteiger charge is -2.33. The molecule has 1 saturated heterocycles. The first-order valence-electron chi connectivity index (χ1n) is 6.99. The van der Waals surface area contributed by atoms with Crippen molar-refractivity contribution >= 4 is 17.9 Å². The predicted octanol–water partition coefficient (Wildman–Crippen LogP) is 3.57. The standard InChI is InChI=1S/C15H22N2O2S/c1-15(2,3)19-14(18)17-10-6-13(7-11-17)20-12-4-8-16-9-5-12/h4-5,8-9,13H,6-7,10-11H2,1-3H3. The minimum atomic E-state index is -0.417. The summed E-state index contributed by atoms with van der Waals surface area (Å²) in [7, 11) is 0. The van der Waals surface area contributed by atoms with Crippen LogP contribution in [0.5, 0.6) is 0 Å². The Morgan fingerprint density at radius 3 is 2.45 bits per heavy atom. The Balaban J connectivity index is 1.79. The minimum Gasteiger partial charge on any atom is -0.444 e. The topological polar surface area (TPSA) is 42.4 Å². The Morgan fingerprint density at radius 2 is 1.90 bits per heavy atom. The molecule has 1 amide bonds. The summed E-state index contributed by atoms with van der Waals surface area (Å²) in [6.07, 6.45) is 5.46. The van der Waals surface area contributed by atoms with E-state index in [4.69, 9.17) is 4.74 Å². The average Bonchev–Trinajstić information content (AvgIpc) is 2.39. The van der Waals surface area contributed by atoms with Gasteiger partial charge in [-0.05, 0) is 45.7 Å². The number of carbonyl (C=O) groups excluding carboxylic acids is 1. The Hall–Kier alpha value is -1.23. The molecule has 0 saturated carbocycles. The van der Waals surface area contributed by atoms with E-state index in [0.717, 1.165) is 25.9 Å². The molecule has 0 bridgehead atoms. The van der Waals surface area contributed by atoms with Crippen LogP contribution in [-0.4, -0.2) is 39.9 Å². The van der Waals surface area contributed by atoms with Crippen LogP contribution in [0, 0.1) is 0 Å². The molecule has 0 N–H and O–H groups in total. The normalized spacial score (nSPS) is 17.1. The third-order valence-electron chi connectivity index (χ3n) is 3.05. The maximum Gasteiger partial charge on any atom is 0.410 e. The number of rotatable bonds is 2. The van der Waals surface area contributed by atoms with Crippen LogP contribution in [0.3, 0.4) is 0 Å². The molecule has 0 aliphatic carbocycles. The van der Waals surface area contributed by atoms with E-state index < -0.39 is 5.60 Å². The van der Waals surface area contributed by atoms with Crippen molar-refractivity contribution in [1.29, 1.82) is 0 Å². The zero-order chi connectivity index (χ0) is 14.6. The van der Waals surface area contributed by atoms with Gasteiger partial charge >= 0.3 is 6.09 Å². The van der Waals surface area contributed by atoms with E-state index in [-0.39, 0.29) is 6.09 Å². The molecule has 20 heavy (non-hydrogen) atoms. The van der Waals surface area contributed by atoms with Gasteiger partial charge in [0.05, 0.1) is 0 Å². The van der Waals surface area contributed by atoms with Gasteiger partial charge in [0.15, 0.2) is 0 Å². The van der Waals surface area contributed by atoms with E-state index in [1.54, 1.807) is 0 Å². The van der Waals surface area contributed by atoms with E-state index in [9.17, 15) is 4.79 Å². The van der Waals surface area contributed by atoms with Crippen LogP contribution in [-0.2, 0) is 4.74 Å². The third-order valence-corrected chi connectivity index (χ3v) is 4.40. The Kier molecular flexibility index (Phi) is 4.91. The number of hydrogen-bond donors (Lipinski definition) is 0. The second kappa shape index (κ2) is 6.48. The fourth-order valence-electron chi connectivity index (χ4n) is 2.09. The number of likely N-dealkylation sites (tertiary alicyclic amines) is 1. The van der Waals surface area contributed by atoms with E-state index in [0.29, 0.717) is 5.25 Å². The molecular weight excluding hydrogens is 272 g/mol. The first-order chi connectivity index (χ1) is 9.44. The summed E-state index contributed by atoms with van der Waals surface area (Å²) in [6.45, 7) is 7.25. The van der Waals surface area contributed by atoms with Gasteiger partial charge in [0.25, 0.3) is 0 Å². The summed E-state index contributed by atoms with van der Waals surface area (Å²) in [5, 5.41) is 0.566. The summed E-state index contributed by atoms with van der Waals surface area (Å²) in [4.78, 5) is 19.1. The number of ether oxygens (including phenoxy) is 1. The molecule has 1 aliphatic heterocycles. The van der Waals surface area contributed by atoms with Crippen LogP contribution in [0.25, 0.3) is 0 Å². The van der Waals surface area contributed by atoms with Crippen LogP contribution in [0.2, 0.25) is 0 Å². The van der Waals surface area contributed by atoms with Gasteiger partial charge in [-0.25, -0.2) is 4.79 Å². The zero-order valence-electron chi connectivity index (χ0n) is 12.3. The van der Waals surface area contributed by atoms with Gasteiger partial charge in [-0.1, -0.05) is 0 Å². The Labute approximate surface area is 124 Å². The van der Waals surface area contributed by atoms with Crippen molar-refractivity contribution in [3.05, 3.63) is 24.5 Å². The molecule has 1 aromatic heterocycles. The number of nitrogens with zero attached hydrogens (tertiary/aromatic N) is 2. The number of aromatic nitrogens is 1. The molecule has 1 fully saturated rings. The first-order valence-corrected chi connectivity index (χ1v) is 7.86. The summed E-state index contributed by atoms with van der Waals surface area (Å²) in [5.74, 6) is 0. The zero-order valence-corrected chi connectivity index (χ0v) is 13.2. The van der Waals surface area contributed by atoms with Crippen LogP contribution < -0.4 is 0 Å². The number of amides is 1. The van der Waals surface area contributed by atoms with Crippen LogP contribution in [0.15, 0.2) is 29.4 Å². The van der Waals surface area contributed by atoms with Gasteiger partial charge in [0, 0.05) is 35.6 Å². The van der Waals surface area contributed by atoms with Crippen LogP contribution in [0.1, 0.15) is 33.6 Å². The molecule has 1 aliphatic rings. The molecule has 2 rings (SSSR count). The van der Waals surface area contributed by atoms with Crippen molar-refractivity contribution in [2.24, 2.45) is 0 Å². The molecule has 0 radical (unpaired) electrons. The van der Waals surface area contributed by atoms with E-state index in [2.05, 4.69) is 4.98 Å². The molecular formula is C15H22N2O2S. The smallest absolute Gasteiger partial charge is 0.410 e. The Morgan fingerprint density at radius 1 is 1.30 bits per heavy atom. The number of piperidine rings is 1. The minimum absolute atomic E-state index is 0.190. The highest BCUT2D eigenvalue weighted by atomic mass is 32.2. The molecule has 110 valence electrons.